The average Bonchev–Trinajstić information content (AvgIpc) is 2.76. The highest BCUT2D eigenvalue weighted by Gasteiger charge is 2.31. The van der Waals surface area contributed by atoms with Crippen LogP contribution in [-0.2, 0) is 4.79 Å². The Balaban J connectivity index is 2.58. The van der Waals surface area contributed by atoms with Crippen LogP contribution >= 0.6 is 0 Å². The lowest BCUT2D eigenvalue weighted by Gasteiger charge is -2.26. The van der Waals surface area contributed by atoms with E-state index in [4.69, 9.17) is 5.11 Å². The minimum atomic E-state index is -0.997. The summed E-state index contributed by atoms with van der Waals surface area (Å²) in [5, 5.41) is 18.3. The molecule has 2 unspecified atom stereocenters. The molecule has 6 nitrogen and oxygen atoms in total. The number of nitrogens with zero attached hydrogens (tertiary/aromatic N) is 2. The van der Waals surface area contributed by atoms with Crippen LogP contribution in [0, 0.1) is 5.92 Å². The van der Waals surface area contributed by atoms with Gasteiger partial charge in [0.2, 0.25) is 0 Å². The predicted molar refractivity (Wildman–Crippen MR) is 66.3 cm³/mol. The number of carbonyl (C=O) groups is 2. The zero-order chi connectivity index (χ0) is 13.7. The topological polar surface area (TPSA) is 81.1 Å². The number of aliphatic hydroxyl groups excluding tert-OH is 1. The van der Waals surface area contributed by atoms with Crippen LogP contribution in [0.1, 0.15) is 26.7 Å². The van der Waals surface area contributed by atoms with Crippen LogP contribution in [0.5, 0.6) is 0 Å². The number of amides is 2. The largest absolute Gasteiger partial charge is 0.480 e. The molecule has 0 aliphatic carbocycles. The van der Waals surface area contributed by atoms with Crippen molar-refractivity contribution in [3.05, 3.63) is 0 Å². The summed E-state index contributed by atoms with van der Waals surface area (Å²) in [5.41, 5.74) is 0. The summed E-state index contributed by atoms with van der Waals surface area (Å²) in [6.45, 7) is 4.92. The van der Waals surface area contributed by atoms with Crippen molar-refractivity contribution in [3.63, 3.8) is 0 Å². The number of hydrogen-bond acceptors (Lipinski definition) is 3. The highest BCUT2D eigenvalue weighted by atomic mass is 16.4. The van der Waals surface area contributed by atoms with Gasteiger partial charge in [0.25, 0.3) is 0 Å². The SMILES string of the molecule is CCCN(CC(=O)O)C(=O)N1CCC(C(C)O)C1. The molecule has 0 spiro atoms. The fraction of sp³-hybridized carbons (Fsp3) is 0.833. The molecule has 18 heavy (non-hydrogen) atoms. The molecule has 1 heterocycles. The normalized spacial score (nSPS) is 20.8. The summed E-state index contributed by atoms with van der Waals surface area (Å²) in [5.74, 6) is -0.898. The van der Waals surface area contributed by atoms with Crippen LogP contribution in [0.15, 0.2) is 0 Å². The molecule has 1 aliphatic rings. The summed E-state index contributed by atoms with van der Waals surface area (Å²) in [6, 6.07) is -0.234. The van der Waals surface area contributed by atoms with Crippen LogP contribution in [0.2, 0.25) is 0 Å². The van der Waals surface area contributed by atoms with E-state index in [0.717, 1.165) is 12.8 Å². The van der Waals surface area contributed by atoms with Crippen LogP contribution in [0.25, 0.3) is 0 Å². The molecule has 6 heteroatoms. The van der Waals surface area contributed by atoms with Crippen molar-refractivity contribution in [1.82, 2.24) is 9.80 Å². The lowest BCUT2D eigenvalue weighted by molar-refractivity contribution is -0.137. The third-order valence-electron chi connectivity index (χ3n) is 3.27. The molecule has 2 amide bonds. The van der Waals surface area contributed by atoms with Gasteiger partial charge in [-0.25, -0.2) is 4.79 Å². The van der Waals surface area contributed by atoms with E-state index in [-0.39, 0.29) is 18.5 Å². The maximum absolute atomic E-state index is 12.1. The third-order valence-corrected chi connectivity index (χ3v) is 3.27. The zero-order valence-corrected chi connectivity index (χ0v) is 11.0. The number of likely N-dealkylation sites (tertiary alicyclic amines) is 1. The zero-order valence-electron chi connectivity index (χ0n) is 11.0. The van der Waals surface area contributed by atoms with Crippen molar-refractivity contribution in [2.75, 3.05) is 26.2 Å². The molecule has 0 saturated carbocycles. The van der Waals surface area contributed by atoms with Gasteiger partial charge in [0.1, 0.15) is 6.54 Å². The Morgan fingerprint density at radius 1 is 1.50 bits per heavy atom. The molecule has 2 atom stereocenters. The van der Waals surface area contributed by atoms with Crippen molar-refractivity contribution in [2.24, 2.45) is 5.92 Å². The van der Waals surface area contributed by atoms with E-state index >= 15 is 0 Å². The summed E-state index contributed by atoms with van der Waals surface area (Å²) < 4.78 is 0. The van der Waals surface area contributed by atoms with E-state index in [1.165, 1.54) is 4.90 Å². The Labute approximate surface area is 107 Å². The number of carboxylic acids is 1. The van der Waals surface area contributed by atoms with E-state index < -0.39 is 12.1 Å². The standard InChI is InChI=1S/C12H22N2O4/c1-3-5-13(8-11(16)17)12(18)14-6-4-10(7-14)9(2)15/h9-10,15H,3-8H2,1-2H3,(H,16,17). The van der Waals surface area contributed by atoms with Gasteiger partial charge in [-0.15, -0.1) is 0 Å². The Morgan fingerprint density at radius 3 is 2.61 bits per heavy atom. The molecule has 0 bridgehead atoms. The van der Waals surface area contributed by atoms with E-state index in [2.05, 4.69) is 0 Å². The number of carboxylic acid groups (broad SMARTS) is 1. The lowest BCUT2D eigenvalue weighted by Crippen LogP contribution is -2.45. The second kappa shape index (κ2) is 6.58. The van der Waals surface area contributed by atoms with E-state index in [0.29, 0.717) is 19.6 Å². The van der Waals surface area contributed by atoms with Crippen LogP contribution in [-0.4, -0.2) is 64.3 Å². The summed E-state index contributed by atoms with van der Waals surface area (Å²) >= 11 is 0. The van der Waals surface area contributed by atoms with Gasteiger partial charge < -0.3 is 20.0 Å². The number of aliphatic hydroxyl groups is 1. The Morgan fingerprint density at radius 2 is 2.17 bits per heavy atom. The summed E-state index contributed by atoms with van der Waals surface area (Å²) in [6.07, 6.45) is 1.07. The first-order valence-electron chi connectivity index (χ1n) is 6.39. The molecule has 1 rings (SSSR count). The second-order valence-electron chi connectivity index (χ2n) is 4.83. The minimum Gasteiger partial charge on any atom is -0.480 e. The molecule has 0 radical (unpaired) electrons. The maximum Gasteiger partial charge on any atom is 0.323 e. The first kappa shape index (κ1) is 14.8. The van der Waals surface area contributed by atoms with Gasteiger partial charge in [-0.1, -0.05) is 6.92 Å². The molecule has 1 saturated heterocycles. The number of rotatable bonds is 5. The number of carbonyl (C=O) groups excluding carboxylic acids is 1. The molecular weight excluding hydrogens is 236 g/mol. The van der Waals surface area contributed by atoms with Gasteiger partial charge in [-0.3, -0.25) is 4.79 Å². The molecule has 2 N–H and O–H groups in total. The minimum absolute atomic E-state index is 0.0993. The van der Waals surface area contributed by atoms with E-state index in [9.17, 15) is 14.7 Å². The Bertz CT molecular complexity index is 306. The molecule has 0 aromatic carbocycles. The van der Waals surface area contributed by atoms with Crippen LogP contribution in [0.3, 0.4) is 0 Å². The van der Waals surface area contributed by atoms with Crippen molar-refractivity contribution >= 4 is 12.0 Å². The van der Waals surface area contributed by atoms with Gasteiger partial charge >= 0.3 is 12.0 Å². The number of aliphatic carboxylic acids is 1. The number of urea groups is 1. The molecule has 0 aromatic rings. The first-order valence-corrected chi connectivity index (χ1v) is 6.39. The van der Waals surface area contributed by atoms with Gasteiger partial charge in [-0.2, -0.15) is 0 Å². The fourth-order valence-electron chi connectivity index (χ4n) is 2.23. The Kier molecular flexibility index (Phi) is 5.40. The third kappa shape index (κ3) is 3.87. The first-order chi connectivity index (χ1) is 8.45. The Hall–Kier alpha value is -1.30. The average molecular weight is 258 g/mol. The van der Waals surface area contributed by atoms with E-state index in [1.54, 1.807) is 11.8 Å². The summed E-state index contributed by atoms with van der Waals surface area (Å²) in [4.78, 5) is 25.9. The van der Waals surface area contributed by atoms with Crippen LogP contribution < -0.4 is 0 Å². The molecule has 104 valence electrons. The molecular formula is C12H22N2O4. The second-order valence-corrected chi connectivity index (χ2v) is 4.83. The monoisotopic (exact) mass is 258 g/mol. The summed E-state index contributed by atoms with van der Waals surface area (Å²) in [7, 11) is 0. The van der Waals surface area contributed by atoms with Crippen molar-refractivity contribution < 1.29 is 19.8 Å². The predicted octanol–water partition coefficient (Wildman–Crippen LogP) is 0.606. The van der Waals surface area contributed by atoms with Gasteiger partial charge in [0.15, 0.2) is 0 Å². The van der Waals surface area contributed by atoms with Crippen LogP contribution in [0.4, 0.5) is 4.79 Å². The quantitative estimate of drug-likeness (QED) is 0.757. The van der Waals surface area contributed by atoms with Gasteiger partial charge in [0.05, 0.1) is 6.10 Å². The van der Waals surface area contributed by atoms with E-state index in [1.807, 2.05) is 6.92 Å². The number of hydrogen-bond donors (Lipinski definition) is 2. The molecule has 0 aromatic heterocycles. The highest BCUT2D eigenvalue weighted by Crippen LogP contribution is 2.20. The molecule has 1 aliphatic heterocycles. The lowest BCUT2D eigenvalue weighted by atomic mass is 10.0. The fourth-order valence-corrected chi connectivity index (χ4v) is 2.23. The van der Waals surface area contributed by atoms with Gasteiger partial charge in [-0.05, 0) is 19.8 Å². The smallest absolute Gasteiger partial charge is 0.323 e. The highest BCUT2D eigenvalue weighted by molar-refractivity contribution is 5.80. The van der Waals surface area contributed by atoms with Crippen molar-refractivity contribution in [2.45, 2.75) is 32.8 Å². The maximum atomic E-state index is 12.1. The van der Waals surface area contributed by atoms with Crippen molar-refractivity contribution in [3.8, 4) is 0 Å². The van der Waals surface area contributed by atoms with Crippen molar-refractivity contribution in [1.29, 1.82) is 0 Å². The molecule has 1 fully saturated rings. The van der Waals surface area contributed by atoms with Gasteiger partial charge in [0, 0.05) is 25.6 Å².